The Morgan fingerprint density at radius 2 is 2.24 bits per heavy atom. The Morgan fingerprint density at radius 3 is 3.00 bits per heavy atom. The van der Waals surface area contributed by atoms with Crippen LogP contribution in [0.25, 0.3) is 11.0 Å². The summed E-state index contributed by atoms with van der Waals surface area (Å²) in [6.07, 6.45) is 0.204. The lowest BCUT2D eigenvalue weighted by molar-refractivity contribution is 0.0261. The largest absolute Gasteiger partial charge is 0.458 e. The van der Waals surface area contributed by atoms with Gasteiger partial charge in [-0.2, -0.15) is 0 Å². The lowest BCUT2D eigenvalue weighted by Gasteiger charge is -2.07. The zero-order valence-electron chi connectivity index (χ0n) is 9.65. The molecule has 17 heavy (non-hydrogen) atoms. The minimum absolute atomic E-state index is 0.251. The van der Waals surface area contributed by atoms with Gasteiger partial charge in [0.15, 0.2) is 0 Å². The molecule has 0 aliphatic carbocycles. The summed E-state index contributed by atoms with van der Waals surface area (Å²) in [5.74, 6) is 0.512. The third-order valence-corrected chi connectivity index (χ3v) is 2.69. The normalized spacial score (nSPS) is 13.1. The Hall–Kier alpha value is -1.03. The van der Waals surface area contributed by atoms with Crippen molar-refractivity contribution in [3.05, 3.63) is 35.0 Å². The van der Waals surface area contributed by atoms with E-state index in [2.05, 4.69) is 0 Å². The van der Waals surface area contributed by atoms with Crippen molar-refractivity contribution in [2.75, 3.05) is 13.2 Å². The van der Waals surface area contributed by atoms with Crippen molar-refractivity contribution in [2.24, 2.45) is 0 Å². The SMILES string of the molecule is CCCOCC(O)c1cc2cc(Cl)ccc2o1. The second kappa shape index (κ2) is 5.54. The number of ether oxygens (including phenoxy) is 1. The van der Waals surface area contributed by atoms with Crippen LogP contribution in [0.1, 0.15) is 25.2 Å². The topological polar surface area (TPSA) is 42.6 Å². The van der Waals surface area contributed by atoms with Crippen molar-refractivity contribution in [3.63, 3.8) is 0 Å². The minimum Gasteiger partial charge on any atom is -0.458 e. The van der Waals surface area contributed by atoms with Crippen LogP contribution >= 0.6 is 11.6 Å². The molecule has 0 fully saturated rings. The molecule has 3 nitrogen and oxygen atoms in total. The van der Waals surface area contributed by atoms with E-state index in [0.29, 0.717) is 17.4 Å². The Bertz CT molecular complexity index is 492. The van der Waals surface area contributed by atoms with Gasteiger partial charge in [0, 0.05) is 17.0 Å². The van der Waals surface area contributed by atoms with Crippen molar-refractivity contribution < 1.29 is 14.3 Å². The van der Waals surface area contributed by atoms with E-state index < -0.39 is 6.10 Å². The first kappa shape index (κ1) is 12.4. The van der Waals surface area contributed by atoms with E-state index in [-0.39, 0.29) is 6.61 Å². The van der Waals surface area contributed by atoms with E-state index in [1.165, 1.54) is 0 Å². The summed E-state index contributed by atoms with van der Waals surface area (Å²) < 4.78 is 10.8. The molecule has 1 heterocycles. The first-order valence-electron chi connectivity index (χ1n) is 5.65. The molecule has 2 rings (SSSR count). The minimum atomic E-state index is -0.729. The molecule has 1 N–H and O–H groups in total. The molecule has 1 aromatic heterocycles. The zero-order valence-corrected chi connectivity index (χ0v) is 10.4. The summed E-state index contributed by atoms with van der Waals surface area (Å²) >= 11 is 5.88. The summed E-state index contributed by atoms with van der Waals surface area (Å²) in [4.78, 5) is 0. The molecule has 1 atom stereocenters. The Labute approximate surface area is 105 Å². The fourth-order valence-corrected chi connectivity index (χ4v) is 1.80. The van der Waals surface area contributed by atoms with E-state index in [1.54, 1.807) is 18.2 Å². The van der Waals surface area contributed by atoms with Gasteiger partial charge >= 0.3 is 0 Å². The van der Waals surface area contributed by atoms with Crippen molar-refractivity contribution in [3.8, 4) is 0 Å². The van der Waals surface area contributed by atoms with Crippen molar-refractivity contribution >= 4 is 22.6 Å². The number of fused-ring (bicyclic) bond motifs is 1. The molecule has 4 heteroatoms. The van der Waals surface area contributed by atoms with Gasteiger partial charge in [-0.25, -0.2) is 0 Å². The third-order valence-electron chi connectivity index (χ3n) is 2.45. The van der Waals surface area contributed by atoms with Gasteiger partial charge in [0.05, 0.1) is 6.61 Å². The molecule has 0 bridgehead atoms. The fourth-order valence-electron chi connectivity index (χ4n) is 1.62. The molecule has 0 amide bonds. The van der Waals surface area contributed by atoms with Crippen LogP contribution in [0.4, 0.5) is 0 Å². The van der Waals surface area contributed by atoms with Crippen LogP contribution in [0.15, 0.2) is 28.7 Å². The van der Waals surface area contributed by atoms with Crippen molar-refractivity contribution in [2.45, 2.75) is 19.4 Å². The van der Waals surface area contributed by atoms with Crippen LogP contribution in [-0.2, 0) is 4.74 Å². The summed E-state index contributed by atoms with van der Waals surface area (Å²) in [5.41, 5.74) is 0.721. The maximum Gasteiger partial charge on any atom is 0.136 e. The fraction of sp³-hybridized carbons (Fsp3) is 0.385. The number of aliphatic hydroxyl groups excluding tert-OH is 1. The summed E-state index contributed by atoms with van der Waals surface area (Å²) in [5, 5.41) is 11.4. The molecule has 1 aromatic carbocycles. The van der Waals surface area contributed by atoms with E-state index in [4.69, 9.17) is 20.8 Å². The highest BCUT2D eigenvalue weighted by Gasteiger charge is 2.13. The molecule has 0 radical (unpaired) electrons. The van der Waals surface area contributed by atoms with Crippen LogP contribution < -0.4 is 0 Å². The molecule has 92 valence electrons. The smallest absolute Gasteiger partial charge is 0.136 e. The van der Waals surface area contributed by atoms with Crippen LogP contribution in [0, 0.1) is 0 Å². The average Bonchev–Trinajstić information content (AvgIpc) is 2.72. The van der Waals surface area contributed by atoms with Crippen LogP contribution in [0.3, 0.4) is 0 Å². The van der Waals surface area contributed by atoms with Gasteiger partial charge in [0.25, 0.3) is 0 Å². The molecule has 1 unspecified atom stereocenters. The first-order chi connectivity index (χ1) is 8.20. The summed E-state index contributed by atoms with van der Waals surface area (Å²) in [6.45, 7) is 2.92. The van der Waals surface area contributed by atoms with E-state index in [0.717, 1.165) is 17.4 Å². The number of furan rings is 1. The number of halogens is 1. The molecule has 2 aromatic rings. The van der Waals surface area contributed by atoms with E-state index in [9.17, 15) is 5.11 Å². The lowest BCUT2D eigenvalue weighted by Crippen LogP contribution is -2.06. The number of benzene rings is 1. The van der Waals surface area contributed by atoms with Gasteiger partial charge in [-0.3, -0.25) is 0 Å². The lowest BCUT2D eigenvalue weighted by atomic mass is 10.2. The Balaban J connectivity index is 2.12. The van der Waals surface area contributed by atoms with Gasteiger partial charge in [-0.15, -0.1) is 0 Å². The maximum atomic E-state index is 9.87. The third kappa shape index (κ3) is 3.00. The Morgan fingerprint density at radius 1 is 1.41 bits per heavy atom. The van der Waals surface area contributed by atoms with Gasteiger partial charge in [0.2, 0.25) is 0 Å². The van der Waals surface area contributed by atoms with Crippen molar-refractivity contribution in [1.29, 1.82) is 0 Å². The quantitative estimate of drug-likeness (QED) is 0.830. The van der Waals surface area contributed by atoms with Crippen LogP contribution in [0.2, 0.25) is 5.02 Å². The monoisotopic (exact) mass is 254 g/mol. The molecular weight excluding hydrogens is 240 g/mol. The molecule has 0 aliphatic rings. The average molecular weight is 255 g/mol. The number of hydrogen-bond donors (Lipinski definition) is 1. The van der Waals surface area contributed by atoms with Gasteiger partial charge in [-0.1, -0.05) is 18.5 Å². The number of hydrogen-bond acceptors (Lipinski definition) is 3. The molecule has 0 saturated carbocycles. The highest BCUT2D eigenvalue weighted by Crippen LogP contribution is 2.26. The predicted molar refractivity (Wildman–Crippen MR) is 67.3 cm³/mol. The van der Waals surface area contributed by atoms with Gasteiger partial charge in [0.1, 0.15) is 17.4 Å². The molecular formula is C13H15ClO3. The first-order valence-corrected chi connectivity index (χ1v) is 6.03. The van der Waals surface area contributed by atoms with Crippen LogP contribution in [-0.4, -0.2) is 18.3 Å². The maximum absolute atomic E-state index is 9.87. The number of rotatable bonds is 5. The van der Waals surface area contributed by atoms with Gasteiger partial charge in [-0.05, 0) is 30.7 Å². The standard InChI is InChI=1S/C13H15ClO3/c1-2-5-16-8-11(15)13-7-9-6-10(14)3-4-12(9)17-13/h3-4,6-7,11,15H,2,5,8H2,1H3. The van der Waals surface area contributed by atoms with Crippen LogP contribution in [0.5, 0.6) is 0 Å². The highest BCUT2D eigenvalue weighted by molar-refractivity contribution is 6.31. The second-order valence-corrected chi connectivity index (χ2v) is 4.36. The predicted octanol–water partition coefficient (Wildman–Crippen LogP) is 3.55. The summed E-state index contributed by atoms with van der Waals surface area (Å²) in [6, 6.07) is 7.16. The number of aliphatic hydroxyl groups is 1. The van der Waals surface area contributed by atoms with E-state index in [1.807, 2.05) is 13.0 Å². The highest BCUT2D eigenvalue weighted by atomic mass is 35.5. The Kier molecular flexibility index (Phi) is 4.05. The second-order valence-electron chi connectivity index (χ2n) is 3.92. The summed E-state index contributed by atoms with van der Waals surface area (Å²) in [7, 11) is 0. The molecule has 0 aliphatic heterocycles. The molecule has 0 saturated heterocycles. The van der Waals surface area contributed by atoms with Gasteiger partial charge < -0.3 is 14.3 Å². The van der Waals surface area contributed by atoms with Crippen molar-refractivity contribution in [1.82, 2.24) is 0 Å². The van der Waals surface area contributed by atoms with E-state index >= 15 is 0 Å². The zero-order chi connectivity index (χ0) is 12.3. The molecule has 0 spiro atoms.